The van der Waals surface area contributed by atoms with Gasteiger partial charge in [-0.05, 0) is 36.6 Å². The van der Waals surface area contributed by atoms with Crippen LogP contribution >= 0.6 is 23.2 Å². The van der Waals surface area contributed by atoms with E-state index in [-0.39, 0.29) is 21.3 Å². The lowest BCUT2D eigenvalue weighted by molar-refractivity contribution is 0.0838. The van der Waals surface area contributed by atoms with Gasteiger partial charge >= 0.3 is 6.03 Å². The zero-order chi connectivity index (χ0) is 18.6. The van der Waals surface area contributed by atoms with Crippen molar-refractivity contribution in [3.05, 3.63) is 57.3 Å². The van der Waals surface area contributed by atoms with E-state index in [1.165, 1.54) is 23.2 Å². The molecule has 2 aliphatic rings. The Hall–Kier alpha value is -2.25. The summed E-state index contributed by atoms with van der Waals surface area (Å²) >= 11 is 11.6. The highest BCUT2D eigenvalue weighted by Gasteiger charge is 2.48. The molecule has 2 unspecified atom stereocenters. The number of carbonyl (C=O) groups is 2. The van der Waals surface area contributed by atoms with Gasteiger partial charge in [0.05, 0.1) is 33.4 Å². The lowest BCUT2D eigenvalue weighted by Crippen LogP contribution is -2.48. The maximum Gasteiger partial charge on any atom is 0.323 e. The molecule has 0 saturated carbocycles. The SMILES string of the molecule is O=C1c2c(ccnc2F)C2CCC1N2C(=O)Nc1cc(Cl)c(Cl)cc1F. The molecule has 1 N–H and O–H groups in total. The molecule has 134 valence electrons. The summed E-state index contributed by atoms with van der Waals surface area (Å²) in [7, 11) is 0. The molecule has 26 heavy (non-hydrogen) atoms. The van der Waals surface area contributed by atoms with Crippen LogP contribution in [0.2, 0.25) is 10.0 Å². The summed E-state index contributed by atoms with van der Waals surface area (Å²) in [5.74, 6) is -2.08. The fraction of sp³-hybridized carbons (Fsp3) is 0.235. The number of fused-ring (bicyclic) bond motifs is 4. The summed E-state index contributed by atoms with van der Waals surface area (Å²) < 4.78 is 28.0. The molecule has 1 aromatic carbocycles. The second kappa shape index (κ2) is 6.17. The third-order valence-corrected chi connectivity index (χ3v) is 5.44. The molecular weight excluding hydrogens is 387 g/mol. The van der Waals surface area contributed by atoms with Crippen LogP contribution in [-0.4, -0.2) is 27.7 Å². The van der Waals surface area contributed by atoms with Gasteiger partial charge in [0.15, 0.2) is 5.78 Å². The summed E-state index contributed by atoms with van der Waals surface area (Å²) in [5.41, 5.74) is 0.203. The monoisotopic (exact) mass is 397 g/mol. The summed E-state index contributed by atoms with van der Waals surface area (Å²) in [6.45, 7) is 0. The van der Waals surface area contributed by atoms with Crippen molar-refractivity contribution < 1.29 is 18.4 Å². The van der Waals surface area contributed by atoms with Gasteiger partial charge in [0.1, 0.15) is 5.82 Å². The number of pyridine rings is 1. The normalized spacial score (nSPS) is 20.9. The first-order chi connectivity index (χ1) is 12.4. The first kappa shape index (κ1) is 17.2. The van der Waals surface area contributed by atoms with Crippen molar-refractivity contribution in [3.8, 4) is 0 Å². The molecule has 2 aromatic rings. The highest BCUT2D eigenvalue weighted by atomic mass is 35.5. The van der Waals surface area contributed by atoms with Gasteiger partial charge in [0, 0.05) is 6.20 Å². The Balaban J connectivity index is 1.68. The first-order valence-electron chi connectivity index (χ1n) is 7.81. The maximum absolute atomic E-state index is 14.0. The first-order valence-corrected chi connectivity index (χ1v) is 8.56. The number of carbonyl (C=O) groups excluding carboxylic acids is 2. The summed E-state index contributed by atoms with van der Waals surface area (Å²) in [4.78, 5) is 30.2. The number of urea groups is 1. The van der Waals surface area contributed by atoms with E-state index >= 15 is 0 Å². The molecule has 2 aliphatic heterocycles. The number of benzene rings is 1. The summed E-state index contributed by atoms with van der Waals surface area (Å²) in [6, 6.07) is 1.77. The van der Waals surface area contributed by atoms with E-state index in [1.54, 1.807) is 0 Å². The van der Waals surface area contributed by atoms with E-state index in [4.69, 9.17) is 23.2 Å². The van der Waals surface area contributed by atoms with Gasteiger partial charge in [0.25, 0.3) is 0 Å². The largest absolute Gasteiger partial charge is 0.323 e. The van der Waals surface area contributed by atoms with Gasteiger partial charge in [-0.25, -0.2) is 14.2 Å². The fourth-order valence-corrected chi connectivity index (χ4v) is 3.91. The van der Waals surface area contributed by atoms with Crippen molar-refractivity contribution >= 4 is 40.7 Å². The van der Waals surface area contributed by atoms with Crippen LogP contribution in [0.1, 0.15) is 34.8 Å². The average Bonchev–Trinajstić information content (AvgIpc) is 2.97. The molecule has 1 aromatic heterocycles. The molecule has 0 aliphatic carbocycles. The number of ketones is 1. The van der Waals surface area contributed by atoms with Crippen molar-refractivity contribution in [1.82, 2.24) is 9.88 Å². The number of rotatable bonds is 1. The average molecular weight is 398 g/mol. The lowest BCUT2D eigenvalue weighted by atomic mass is 9.94. The molecular formula is C17H11Cl2F2N3O2. The van der Waals surface area contributed by atoms with Crippen molar-refractivity contribution in [2.24, 2.45) is 0 Å². The zero-order valence-corrected chi connectivity index (χ0v) is 14.6. The minimum absolute atomic E-state index is 0.0206. The molecule has 2 bridgehead atoms. The number of hydrogen-bond acceptors (Lipinski definition) is 3. The minimum Gasteiger partial charge on any atom is -0.307 e. The van der Waals surface area contributed by atoms with Crippen LogP contribution in [-0.2, 0) is 0 Å². The summed E-state index contributed by atoms with van der Waals surface area (Å²) in [5, 5.41) is 2.53. The number of amides is 2. The van der Waals surface area contributed by atoms with Gasteiger partial charge in [-0.3, -0.25) is 4.79 Å². The van der Waals surface area contributed by atoms with Gasteiger partial charge in [0.2, 0.25) is 5.95 Å². The number of hydrogen-bond donors (Lipinski definition) is 1. The van der Waals surface area contributed by atoms with E-state index in [1.807, 2.05) is 0 Å². The van der Waals surface area contributed by atoms with Gasteiger partial charge in [-0.15, -0.1) is 0 Å². The lowest BCUT2D eigenvalue weighted by Gasteiger charge is -2.35. The highest BCUT2D eigenvalue weighted by Crippen LogP contribution is 2.44. The van der Waals surface area contributed by atoms with Crippen LogP contribution in [0.4, 0.5) is 19.3 Å². The zero-order valence-electron chi connectivity index (χ0n) is 13.1. The van der Waals surface area contributed by atoms with Crippen LogP contribution < -0.4 is 5.32 Å². The van der Waals surface area contributed by atoms with E-state index in [0.717, 1.165) is 6.07 Å². The number of halogens is 4. The highest BCUT2D eigenvalue weighted by molar-refractivity contribution is 6.42. The number of nitrogens with one attached hydrogen (secondary N) is 1. The number of Topliss-reactive ketones (excluding diaryl/α,β-unsaturated/α-hetero) is 1. The van der Waals surface area contributed by atoms with Crippen LogP contribution in [0.25, 0.3) is 0 Å². The Kier molecular flexibility index (Phi) is 4.08. The van der Waals surface area contributed by atoms with Crippen LogP contribution in [0.3, 0.4) is 0 Å². The Labute approximate surface area is 156 Å². The van der Waals surface area contributed by atoms with Crippen molar-refractivity contribution in [3.63, 3.8) is 0 Å². The molecule has 9 heteroatoms. The Morgan fingerprint density at radius 1 is 1.19 bits per heavy atom. The Morgan fingerprint density at radius 2 is 1.88 bits per heavy atom. The molecule has 4 rings (SSSR count). The molecule has 2 amide bonds. The molecule has 3 heterocycles. The van der Waals surface area contributed by atoms with E-state index in [9.17, 15) is 18.4 Å². The van der Waals surface area contributed by atoms with Crippen LogP contribution in [0.5, 0.6) is 0 Å². The molecule has 5 nitrogen and oxygen atoms in total. The third kappa shape index (κ3) is 2.54. The van der Waals surface area contributed by atoms with Crippen molar-refractivity contribution in [1.29, 1.82) is 0 Å². The fourth-order valence-electron chi connectivity index (χ4n) is 3.59. The molecule has 0 spiro atoms. The van der Waals surface area contributed by atoms with Crippen LogP contribution in [0, 0.1) is 11.8 Å². The predicted octanol–water partition coefficient (Wildman–Crippen LogP) is 4.60. The number of nitrogens with zero attached hydrogens (tertiary/aromatic N) is 2. The Morgan fingerprint density at radius 3 is 2.65 bits per heavy atom. The van der Waals surface area contributed by atoms with E-state index in [2.05, 4.69) is 10.3 Å². The second-order valence-electron chi connectivity index (χ2n) is 6.12. The smallest absolute Gasteiger partial charge is 0.307 e. The Bertz CT molecular complexity index is 954. The van der Waals surface area contributed by atoms with Crippen molar-refractivity contribution in [2.75, 3.05) is 5.32 Å². The topological polar surface area (TPSA) is 62.3 Å². The minimum atomic E-state index is -0.833. The number of anilines is 1. The van der Waals surface area contributed by atoms with Gasteiger partial charge in [-0.2, -0.15) is 4.39 Å². The molecule has 2 atom stereocenters. The van der Waals surface area contributed by atoms with E-state index < -0.39 is 35.7 Å². The maximum atomic E-state index is 14.0. The molecule has 1 saturated heterocycles. The molecule has 1 fully saturated rings. The standard InChI is InChI=1S/C17H11Cl2F2N3O2/c18-8-5-10(20)11(6-9(8)19)23-17(26)24-12-1-2-13(24)15(25)14-7(12)3-4-22-16(14)21/h3-6,12-13H,1-2H2,(H,23,26). The second-order valence-corrected chi connectivity index (χ2v) is 6.94. The number of aromatic nitrogens is 1. The van der Waals surface area contributed by atoms with Gasteiger partial charge < -0.3 is 10.2 Å². The van der Waals surface area contributed by atoms with Gasteiger partial charge in [-0.1, -0.05) is 23.2 Å². The molecule has 0 radical (unpaired) electrons. The van der Waals surface area contributed by atoms with Crippen molar-refractivity contribution in [2.45, 2.75) is 24.9 Å². The third-order valence-electron chi connectivity index (χ3n) is 4.72. The van der Waals surface area contributed by atoms with Crippen LogP contribution in [0.15, 0.2) is 24.4 Å². The van der Waals surface area contributed by atoms with E-state index in [0.29, 0.717) is 18.4 Å². The summed E-state index contributed by atoms with van der Waals surface area (Å²) in [6.07, 6.45) is 2.16. The predicted molar refractivity (Wildman–Crippen MR) is 91.6 cm³/mol. The quantitative estimate of drug-likeness (QED) is 0.564.